The lowest BCUT2D eigenvalue weighted by Crippen LogP contribution is -2.26. The quantitative estimate of drug-likeness (QED) is 0.852. The van der Waals surface area contributed by atoms with Crippen LogP contribution in [-0.4, -0.2) is 15.5 Å². The minimum absolute atomic E-state index is 0.0878. The van der Waals surface area contributed by atoms with Crippen LogP contribution in [0.4, 0.5) is 10.1 Å². The molecule has 0 saturated heterocycles. The van der Waals surface area contributed by atoms with E-state index in [9.17, 15) is 12.8 Å². The van der Waals surface area contributed by atoms with Crippen molar-refractivity contribution >= 4 is 38.9 Å². The van der Waals surface area contributed by atoms with Crippen molar-refractivity contribution in [2.24, 2.45) is 0 Å². The molecule has 0 spiro atoms. The van der Waals surface area contributed by atoms with Crippen molar-refractivity contribution in [3.63, 3.8) is 0 Å². The van der Waals surface area contributed by atoms with Crippen molar-refractivity contribution < 1.29 is 12.8 Å². The molecule has 3 nitrogen and oxygen atoms in total. The van der Waals surface area contributed by atoms with E-state index in [0.29, 0.717) is 5.02 Å². The minimum atomic E-state index is -3.74. The molecule has 2 aromatic rings. The number of nitrogens with zero attached hydrogens (tertiary/aromatic N) is 1. The molecule has 0 aliphatic carbocycles. The highest BCUT2D eigenvalue weighted by molar-refractivity contribution is 7.92. The van der Waals surface area contributed by atoms with Gasteiger partial charge in [0.2, 0.25) is 0 Å². The van der Waals surface area contributed by atoms with Gasteiger partial charge in [0.15, 0.2) is 0 Å². The SMILES string of the molecule is CN(c1ccc(F)c(Cl)c1)S(=O)(=O)c1ccc(Cl)cc1. The zero-order valence-electron chi connectivity index (χ0n) is 10.3. The molecule has 2 aromatic carbocycles. The van der Waals surface area contributed by atoms with Crippen LogP contribution in [0.15, 0.2) is 47.4 Å². The Balaban J connectivity index is 2.42. The van der Waals surface area contributed by atoms with Crippen LogP contribution >= 0.6 is 23.2 Å². The molecule has 7 heteroatoms. The molecular weight excluding hydrogens is 324 g/mol. The molecule has 0 radical (unpaired) electrons. The predicted molar refractivity (Wildman–Crippen MR) is 78.5 cm³/mol. The second-order valence-electron chi connectivity index (χ2n) is 4.02. The monoisotopic (exact) mass is 333 g/mol. The first kappa shape index (κ1) is 15.1. The number of halogens is 3. The molecule has 0 aromatic heterocycles. The Kier molecular flexibility index (Phi) is 4.22. The number of hydrogen-bond acceptors (Lipinski definition) is 2. The third kappa shape index (κ3) is 2.90. The van der Waals surface area contributed by atoms with Crippen LogP contribution in [0, 0.1) is 5.82 Å². The fourth-order valence-corrected chi connectivity index (χ4v) is 3.07. The molecule has 0 bridgehead atoms. The molecule has 0 N–H and O–H groups in total. The van der Waals surface area contributed by atoms with E-state index in [4.69, 9.17) is 23.2 Å². The summed E-state index contributed by atoms with van der Waals surface area (Å²) < 4.78 is 38.9. The van der Waals surface area contributed by atoms with E-state index in [1.807, 2.05) is 0 Å². The fraction of sp³-hybridized carbons (Fsp3) is 0.0769. The Bertz CT molecular complexity index is 733. The third-order valence-corrected chi connectivity index (χ3v) is 5.08. The first-order valence-electron chi connectivity index (χ1n) is 5.52. The molecule has 106 valence electrons. The maximum atomic E-state index is 13.1. The largest absolute Gasteiger partial charge is 0.269 e. The Morgan fingerprint density at radius 2 is 1.65 bits per heavy atom. The van der Waals surface area contributed by atoms with E-state index in [1.165, 1.54) is 43.4 Å². The molecule has 2 rings (SSSR count). The predicted octanol–water partition coefficient (Wildman–Crippen LogP) is 3.96. The molecule has 0 aliphatic rings. The van der Waals surface area contributed by atoms with Crippen LogP contribution in [0.25, 0.3) is 0 Å². The number of benzene rings is 2. The highest BCUT2D eigenvalue weighted by Crippen LogP contribution is 2.26. The summed E-state index contributed by atoms with van der Waals surface area (Å²) in [5.74, 6) is -0.604. The van der Waals surface area contributed by atoms with Crippen LogP contribution in [0.2, 0.25) is 10.0 Å². The minimum Gasteiger partial charge on any atom is -0.269 e. The van der Waals surface area contributed by atoms with Gasteiger partial charge in [0, 0.05) is 12.1 Å². The smallest absolute Gasteiger partial charge is 0.264 e. The van der Waals surface area contributed by atoms with E-state index < -0.39 is 15.8 Å². The number of sulfonamides is 1. The van der Waals surface area contributed by atoms with Gasteiger partial charge in [-0.05, 0) is 42.5 Å². The second-order valence-corrected chi connectivity index (χ2v) is 6.84. The molecule has 0 aliphatic heterocycles. The average molecular weight is 334 g/mol. The maximum Gasteiger partial charge on any atom is 0.264 e. The summed E-state index contributed by atoms with van der Waals surface area (Å²) >= 11 is 11.4. The van der Waals surface area contributed by atoms with E-state index in [1.54, 1.807) is 0 Å². The van der Waals surface area contributed by atoms with Crippen molar-refractivity contribution in [3.05, 3.63) is 58.3 Å². The zero-order valence-corrected chi connectivity index (χ0v) is 12.7. The lowest BCUT2D eigenvalue weighted by atomic mass is 10.3. The highest BCUT2D eigenvalue weighted by atomic mass is 35.5. The van der Waals surface area contributed by atoms with Gasteiger partial charge in [-0.15, -0.1) is 0 Å². The molecule has 0 amide bonds. The van der Waals surface area contributed by atoms with Gasteiger partial charge in [-0.25, -0.2) is 12.8 Å². The number of rotatable bonds is 3. The van der Waals surface area contributed by atoms with Crippen LogP contribution in [0.1, 0.15) is 0 Å². The summed E-state index contributed by atoms with van der Waals surface area (Å²) in [6, 6.07) is 9.49. The molecule has 0 heterocycles. The van der Waals surface area contributed by atoms with E-state index in [-0.39, 0.29) is 15.6 Å². The normalized spacial score (nSPS) is 11.4. The molecule has 0 fully saturated rings. The Labute approximate surface area is 126 Å². The maximum absolute atomic E-state index is 13.1. The molecular formula is C13H10Cl2FNO2S. The Hall–Kier alpha value is -1.30. The van der Waals surface area contributed by atoms with Gasteiger partial charge in [-0.3, -0.25) is 4.31 Å². The summed E-state index contributed by atoms with van der Waals surface area (Å²) in [7, 11) is -2.38. The molecule has 20 heavy (non-hydrogen) atoms. The van der Waals surface area contributed by atoms with Crippen molar-refractivity contribution in [1.29, 1.82) is 0 Å². The van der Waals surface area contributed by atoms with Crippen molar-refractivity contribution in [2.45, 2.75) is 4.90 Å². The van der Waals surface area contributed by atoms with Gasteiger partial charge in [0.25, 0.3) is 10.0 Å². The fourth-order valence-electron chi connectivity index (χ4n) is 1.58. The van der Waals surface area contributed by atoms with Gasteiger partial charge in [0.05, 0.1) is 15.6 Å². The van der Waals surface area contributed by atoms with E-state index >= 15 is 0 Å². The Morgan fingerprint density at radius 3 is 2.20 bits per heavy atom. The van der Waals surface area contributed by atoms with Crippen LogP contribution in [0.5, 0.6) is 0 Å². The average Bonchev–Trinajstić information content (AvgIpc) is 2.41. The van der Waals surface area contributed by atoms with Crippen LogP contribution in [0.3, 0.4) is 0 Å². The van der Waals surface area contributed by atoms with Crippen LogP contribution < -0.4 is 4.31 Å². The standard InChI is InChI=1S/C13H10Cl2FNO2S/c1-17(10-4-7-13(16)12(15)8-10)20(18,19)11-5-2-9(14)3-6-11/h2-8H,1H3. The van der Waals surface area contributed by atoms with E-state index in [0.717, 1.165) is 10.4 Å². The summed E-state index contributed by atoms with van der Waals surface area (Å²) in [6.45, 7) is 0. The topological polar surface area (TPSA) is 37.4 Å². The molecule has 0 saturated carbocycles. The molecule has 0 atom stereocenters. The van der Waals surface area contributed by atoms with Gasteiger partial charge >= 0.3 is 0 Å². The number of anilines is 1. The van der Waals surface area contributed by atoms with Gasteiger partial charge < -0.3 is 0 Å². The summed E-state index contributed by atoms with van der Waals surface area (Å²) in [5.41, 5.74) is 0.270. The van der Waals surface area contributed by atoms with Gasteiger partial charge in [-0.1, -0.05) is 23.2 Å². The summed E-state index contributed by atoms with van der Waals surface area (Å²) in [4.78, 5) is 0.0878. The lowest BCUT2D eigenvalue weighted by molar-refractivity contribution is 0.594. The summed E-state index contributed by atoms with van der Waals surface area (Å²) in [5, 5.41) is 0.303. The molecule has 0 unspecified atom stereocenters. The van der Waals surface area contributed by atoms with Gasteiger partial charge in [-0.2, -0.15) is 0 Å². The lowest BCUT2D eigenvalue weighted by Gasteiger charge is -2.19. The highest BCUT2D eigenvalue weighted by Gasteiger charge is 2.21. The van der Waals surface area contributed by atoms with Gasteiger partial charge in [0.1, 0.15) is 5.82 Å². The third-order valence-electron chi connectivity index (χ3n) is 2.74. The van der Waals surface area contributed by atoms with E-state index in [2.05, 4.69) is 0 Å². The Morgan fingerprint density at radius 1 is 1.05 bits per heavy atom. The van der Waals surface area contributed by atoms with Crippen molar-refractivity contribution in [1.82, 2.24) is 0 Å². The summed E-state index contributed by atoms with van der Waals surface area (Å²) in [6.07, 6.45) is 0. The number of hydrogen-bond donors (Lipinski definition) is 0. The first-order valence-corrected chi connectivity index (χ1v) is 7.71. The van der Waals surface area contributed by atoms with Crippen LogP contribution in [-0.2, 0) is 10.0 Å². The first-order chi connectivity index (χ1) is 9.32. The van der Waals surface area contributed by atoms with Crippen molar-refractivity contribution in [2.75, 3.05) is 11.4 Å². The zero-order chi connectivity index (χ0) is 14.9. The van der Waals surface area contributed by atoms with Crippen molar-refractivity contribution in [3.8, 4) is 0 Å². The second kappa shape index (κ2) is 5.60.